The molecule has 0 spiro atoms. The minimum Gasteiger partial charge on any atom is -0.508 e. The fraction of sp³-hybridized carbons (Fsp3) is 0.321. The zero-order chi connectivity index (χ0) is 25.2. The zero-order valence-corrected chi connectivity index (χ0v) is 20.2. The number of aliphatic hydroxyl groups excluding tert-OH is 2. The first-order valence-corrected chi connectivity index (χ1v) is 11.7. The first-order chi connectivity index (χ1) is 16.9. The molecule has 7 nitrogen and oxygen atoms in total. The average Bonchev–Trinajstić information content (AvgIpc) is 2.87. The molecule has 0 saturated heterocycles. The van der Waals surface area contributed by atoms with E-state index < -0.39 is 6.10 Å². The molecule has 0 heterocycles. The Bertz CT molecular complexity index is 1100. The van der Waals surface area contributed by atoms with Crippen molar-refractivity contribution in [2.75, 3.05) is 13.7 Å². The summed E-state index contributed by atoms with van der Waals surface area (Å²) in [6, 6.07) is 20.5. The summed E-state index contributed by atoms with van der Waals surface area (Å²) >= 11 is 0. The summed E-state index contributed by atoms with van der Waals surface area (Å²) in [4.78, 5) is 12.3. The molecule has 0 saturated carbocycles. The van der Waals surface area contributed by atoms with E-state index in [1.54, 1.807) is 19.2 Å². The summed E-state index contributed by atoms with van der Waals surface area (Å²) < 4.78 is 5.21. The standard InChI is InChI=1S/C28H34N2O5/c1-19(29-17-27(33)23-10-11-26(32)24(15-23)18-31)12-20-6-8-21(9-7-20)14-28(34)30-16-22-4-3-5-25(13-22)35-2/h3-11,13,15,19,27,29,31-33H,12,14,16-18H2,1-2H3,(H,30,34)/t19?,27-/m0/s1. The Morgan fingerprint density at radius 2 is 1.74 bits per heavy atom. The number of aliphatic hydroxyl groups is 2. The molecule has 3 rings (SSSR count). The smallest absolute Gasteiger partial charge is 0.224 e. The third-order valence-corrected chi connectivity index (χ3v) is 5.87. The lowest BCUT2D eigenvalue weighted by Crippen LogP contribution is -2.32. The van der Waals surface area contributed by atoms with Crippen LogP contribution >= 0.6 is 0 Å². The number of hydrogen-bond acceptors (Lipinski definition) is 6. The van der Waals surface area contributed by atoms with Gasteiger partial charge in [0, 0.05) is 24.7 Å². The van der Waals surface area contributed by atoms with Crippen molar-refractivity contribution in [3.63, 3.8) is 0 Å². The van der Waals surface area contributed by atoms with E-state index >= 15 is 0 Å². The Balaban J connectivity index is 1.43. The van der Waals surface area contributed by atoms with Crippen molar-refractivity contribution in [2.45, 2.75) is 45.1 Å². The molecule has 0 aliphatic rings. The molecule has 0 radical (unpaired) electrons. The predicted octanol–water partition coefficient (Wildman–Crippen LogP) is 3.01. The largest absolute Gasteiger partial charge is 0.508 e. The van der Waals surface area contributed by atoms with Crippen LogP contribution in [0.25, 0.3) is 0 Å². The fourth-order valence-corrected chi connectivity index (χ4v) is 3.82. The Morgan fingerprint density at radius 3 is 2.46 bits per heavy atom. The highest BCUT2D eigenvalue weighted by atomic mass is 16.5. The number of hydrogen-bond donors (Lipinski definition) is 5. The summed E-state index contributed by atoms with van der Waals surface area (Å²) in [5.41, 5.74) is 4.09. The first-order valence-electron chi connectivity index (χ1n) is 11.7. The molecule has 3 aromatic carbocycles. The van der Waals surface area contributed by atoms with E-state index in [0.717, 1.165) is 28.9 Å². The van der Waals surface area contributed by atoms with Gasteiger partial charge in [-0.15, -0.1) is 0 Å². The molecule has 186 valence electrons. The third kappa shape index (κ3) is 8.10. The number of benzene rings is 3. The maximum atomic E-state index is 12.3. The lowest BCUT2D eigenvalue weighted by Gasteiger charge is -2.18. The van der Waals surface area contributed by atoms with Crippen molar-refractivity contribution in [3.05, 3.63) is 94.5 Å². The van der Waals surface area contributed by atoms with E-state index in [0.29, 0.717) is 30.6 Å². The summed E-state index contributed by atoms with van der Waals surface area (Å²) in [6.07, 6.45) is 0.334. The van der Waals surface area contributed by atoms with E-state index in [1.807, 2.05) is 55.5 Å². The molecule has 0 aliphatic carbocycles. The summed E-state index contributed by atoms with van der Waals surface area (Å²) in [5, 5.41) is 35.7. The van der Waals surface area contributed by atoms with Gasteiger partial charge in [0.25, 0.3) is 0 Å². The van der Waals surface area contributed by atoms with E-state index in [-0.39, 0.29) is 24.3 Å². The van der Waals surface area contributed by atoms with Gasteiger partial charge in [0.2, 0.25) is 5.91 Å². The van der Waals surface area contributed by atoms with Gasteiger partial charge in [-0.1, -0.05) is 42.5 Å². The lowest BCUT2D eigenvalue weighted by atomic mass is 10.0. The molecule has 2 atom stereocenters. The van der Waals surface area contributed by atoms with Crippen LogP contribution in [0.15, 0.2) is 66.7 Å². The molecule has 5 N–H and O–H groups in total. The maximum Gasteiger partial charge on any atom is 0.224 e. The van der Waals surface area contributed by atoms with Gasteiger partial charge >= 0.3 is 0 Å². The Morgan fingerprint density at radius 1 is 1.00 bits per heavy atom. The Hall–Kier alpha value is -3.39. The van der Waals surface area contributed by atoms with Crippen LogP contribution in [0.1, 0.15) is 40.8 Å². The predicted molar refractivity (Wildman–Crippen MR) is 135 cm³/mol. The molecule has 0 aliphatic heterocycles. The molecule has 0 aromatic heterocycles. The fourth-order valence-electron chi connectivity index (χ4n) is 3.82. The molecule has 7 heteroatoms. The summed E-state index contributed by atoms with van der Waals surface area (Å²) in [7, 11) is 1.62. The van der Waals surface area contributed by atoms with Gasteiger partial charge in [-0.3, -0.25) is 4.79 Å². The van der Waals surface area contributed by atoms with Gasteiger partial charge in [0.05, 0.1) is 26.2 Å². The van der Waals surface area contributed by atoms with E-state index in [2.05, 4.69) is 10.6 Å². The van der Waals surface area contributed by atoms with Gasteiger partial charge in [-0.25, -0.2) is 0 Å². The lowest BCUT2D eigenvalue weighted by molar-refractivity contribution is -0.120. The Labute approximate surface area is 206 Å². The highest BCUT2D eigenvalue weighted by molar-refractivity contribution is 5.78. The number of phenols is 1. The zero-order valence-electron chi connectivity index (χ0n) is 20.2. The minimum atomic E-state index is -0.749. The van der Waals surface area contributed by atoms with Crippen LogP contribution in [-0.4, -0.2) is 40.9 Å². The Kier molecular flexibility index (Phi) is 9.66. The number of ether oxygens (including phenoxy) is 1. The second-order valence-electron chi connectivity index (χ2n) is 8.70. The number of carbonyl (C=O) groups is 1. The third-order valence-electron chi connectivity index (χ3n) is 5.87. The molecular formula is C28H34N2O5. The number of carbonyl (C=O) groups excluding carboxylic acids is 1. The molecule has 3 aromatic rings. The van der Waals surface area contributed by atoms with Crippen molar-refractivity contribution >= 4 is 5.91 Å². The van der Waals surface area contributed by atoms with E-state index in [9.17, 15) is 20.1 Å². The van der Waals surface area contributed by atoms with Crippen molar-refractivity contribution in [1.82, 2.24) is 10.6 Å². The van der Waals surface area contributed by atoms with Crippen molar-refractivity contribution < 1.29 is 24.9 Å². The SMILES string of the molecule is COc1cccc(CNC(=O)Cc2ccc(CC(C)NC[C@H](O)c3ccc(O)c(CO)c3)cc2)c1. The van der Waals surface area contributed by atoms with Crippen LogP contribution in [-0.2, 0) is 30.8 Å². The summed E-state index contributed by atoms with van der Waals surface area (Å²) in [5.74, 6) is 0.743. The highest BCUT2D eigenvalue weighted by Gasteiger charge is 2.12. The average molecular weight is 479 g/mol. The van der Waals surface area contributed by atoms with Crippen LogP contribution in [0.3, 0.4) is 0 Å². The number of aromatic hydroxyl groups is 1. The van der Waals surface area contributed by atoms with Crippen molar-refractivity contribution in [2.24, 2.45) is 0 Å². The van der Waals surface area contributed by atoms with Gasteiger partial charge < -0.3 is 30.7 Å². The van der Waals surface area contributed by atoms with Crippen LogP contribution in [0.5, 0.6) is 11.5 Å². The summed E-state index contributed by atoms with van der Waals surface area (Å²) in [6.45, 7) is 2.57. The van der Waals surface area contributed by atoms with Crippen LogP contribution in [0.4, 0.5) is 0 Å². The second-order valence-corrected chi connectivity index (χ2v) is 8.70. The van der Waals surface area contributed by atoms with Gasteiger partial charge in [-0.05, 0) is 59.9 Å². The second kappa shape index (κ2) is 12.9. The van der Waals surface area contributed by atoms with Gasteiger partial charge in [0.1, 0.15) is 11.5 Å². The monoisotopic (exact) mass is 478 g/mol. The number of rotatable bonds is 12. The topological polar surface area (TPSA) is 111 Å². The van der Waals surface area contributed by atoms with Crippen LogP contribution in [0.2, 0.25) is 0 Å². The number of amides is 1. The van der Waals surface area contributed by atoms with E-state index in [4.69, 9.17) is 4.74 Å². The molecule has 0 fully saturated rings. The van der Waals surface area contributed by atoms with Crippen molar-refractivity contribution in [3.8, 4) is 11.5 Å². The molecule has 35 heavy (non-hydrogen) atoms. The molecule has 1 unspecified atom stereocenters. The van der Waals surface area contributed by atoms with Gasteiger partial charge in [-0.2, -0.15) is 0 Å². The van der Waals surface area contributed by atoms with Crippen molar-refractivity contribution in [1.29, 1.82) is 0 Å². The molecular weight excluding hydrogens is 444 g/mol. The van der Waals surface area contributed by atoms with Gasteiger partial charge in [0.15, 0.2) is 0 Å². The quantitative estimate of drug-likeness (QED) is 0.274. The molecule has 0 bridgehead atoms. The molecule has 1 amide bonds. The van der Waals surface area contributed by atoms with Crippen LogP contribution in [0, 0.1) is 0 Å². The minimum absolute atomic E-state index is 0.0163. The highest BCUT2D eigenvalue weighted by Crippen LogP contribution is 2.22. The number of methoxy groups -OCH3 is 1. The first kappa shape index (κ1) is 26.2. The maximum absolute atomic E-state index is 12.3. The number of nitrogens with one attached hydrogen (secondary N) is 2. The van der Waals surface area contributed by atoms with Crippen LogP contribution < -0.4 is 15.4 Å². The normalized spacial score (nSPS) is 12.7. The van der Waals surface area contributed by atoms with E-state index in [1.165, 1.54) is 6.07 Å².